The minimum absolute atomic E-state index is 0.286. The SMILES string of the molecule is COCCNC(=O)C(C)Oc1cc(F)ccc1[N+](=O)[O-]. The monoisotopic (exact) mass is 286 g/mol. The molecule has 0 radical (unpaired) electrons. The van der Waals surface area contributed by atoms with E-state index in [-0.39, 0.29) is 12.3 Å². The van der Waals surface area contributed by atoms with Crippen LogP contribution in [0.3, 0.4) is 0 Å². The van der Waals surface area contributed by atoms with E-state index >= 15 is 0 Å². The van der Waals surface area contributed by atoms with E-state index in [1.54, 1.807) is 0 Å². The minimum atomic E-state index is -0.993. The van der Waals surface area contributed by atoms with Gasteiger partial charge in [0, 0.05) is 25.8 Å². The molecule has 0 heterocycles. The first-order valence-electron chi connectivity index (χ1n) is 5.83. The molecule has 0 aliphatic heterocycles. The molecule has 0 bridgehead atoms. The summed E-state index contributed by atoms with van der Waals surface area (Å²) in [4.78, 5) is 21.7. The molecule has 0 saturated heterocycles. The van der Waals surface area contributed by atoms with Crippen molar-refractivity contribution in [1.82, 2.24) is 5.32 Å². The molecule has 0 fully saturated rings. The fourth-order valence-corrected chi connectivity index (χ4v) is 1.40. The molecule has 1 unspecified atom stereocenters. The highest BCUT2D eigenvalue weighted by molar-refractivity contribution is 5.80. The van der Waals surface area contributed by atoms with Crippen LogP contribution in [0.4, 0.5) is 10.1 Å². The fourth-order valence-electron chi connectivity index (χ4n) is 1.40. The fraction of sp³-hybridized carbons (Fsp3) is 0.417. The van der Waals surface area contributed by atoms with Crippen LogP contribution < -0.4 is 10.1 Å². The molecule has 0 aromatic heterocycles. The maximum absolute atomic E-state index is 13.1. The average Bonchev–Trinajstić information content (AvgIpc) is 2.38. The first-order chi connectivity index (χ1) is 9.45. The molecule has 1 amide bonds. The molecule has 0 aliphatic carbocycles. The number of benzene rings is 1. The van der Waals surface area contributed by atoms with Crippen molar-refractivity contribution in [1.29, 1.82) is 0 Å². The zero-order valence-electron chi connectivity index (χ0n) is 11.1. The van der Waals surface area contributed by atoms with Crippen LogP contribution in [0.15, 0.2) is 18.2 Å². The van der Waals surface area contributed by atoms with Crippen molar-refractivity contribution in [3.05, 3.63) is 34.1 Å². The molecule has 1 rings (SSSR count). The number of rotatable bonds is 7. The highest BCUT2D eigenvalue weighted by atomic mass is 19.1. The Morgan fingerprint density at radius 1 is 1.55 bits per heavy atom. The van der Waals surface area contributed by atoms with E-state index in [1.807, 2.05) is 0 Å². The predicted molar refractivity (Wildman–Crippen MR) is 68.0 cm³/mol. The number of nitrogens with zero attached hydrogens (tertiary/aromatic N) is 1. The van der Waals surface area contributed by atoms with Crippen molar-refractivity contribution in [3.8, 4) is 5.75 Å². The van der Waals surface area contributed by atoms with Gasteiger partial charge >= 0.3 is 5.69 Å². The number of methoxy groups -OCH3 is 1. The second kappa shape index (κ2) is 7.39. The summed E-state index contributed by atoms with van der Waals surface area (Å²) in [6, 6.07) is 2.81. The van der Waals surface area contributed by atoms with Crippen LogP contribution in [-0.2, 0) is 9.53 Å². The molecule has 0 aliphatic rings. The molecule has 1 N–H and O–H groups in total. The van der Waals surface area contributed by atoms with Gasteiger partial charge in [0.25, 0.3) is 5.91 Å². The highest BCUT2D eigenvalue weighted by Crippen LogP contribution is 2.28. The van der Waals surface area contributed by atoms with Crippen LogP contribution in [0, 0.1) is 15.9 Å². The lowest BCUT2D eigenvalue weighted by Crippen LogP contribution is -2.38. The van der Waals surface area contributed by atoms with Gasteiger partial charge in [-0.3, -0.25) is 14.9 Å². The zero-order valence-corrected chi connectivity index (χ0v) is 11.1. The Bertz CT molecular complexity index is 495. The van der Waals surface area contributed by atoms with E-state index < -0.39 is 28.4 Å². The number of nitrogens with one attached hydrogen (secondary N) is 1. The molecule has 110 valence electrons. The van der Waals surface area contributed by atoms with Crippen molar-refractivity contribution in [3.63, 3.8) is 0 Å². The Kier molecular flexibility index (Phi) is 5.85. The zero-order chi connectivity index (χ0) is 15.1. The predicted octanol–water partition coefficient (Wildman–Crippen LogP) is 1.26. The number of halogens is 1. The van der Waals surface area contributed by atoms with Crippen LogP contribution in [-0.4, -0.2) is 37.2 Å². The Morgan fingerprint density at radius 3 is 2.85 bits per heavy atom. The number of carbonyl (C=O) groups excluding carboxylic acids is 1. The maximum Gasteiger partial charge on any atom is 0.311 e. The summed E-state index contributed by atoms with van der Waals surface area (Å²) in [5.74, 6) is -1.44. The Hall–Kier alpha value is -2.22. The first-order valence-corrected chi connectivity index (χ1v) is 5.83. The van der Waals surface area contributed by atoms with Gasteiger partial charge in [-0.05, 0) is 13.0 Å². The number of nitro benzene ring substituents is 1. The summed E-state index contributed by atoms with van der Waals surface area (Å²) < 4.78 is 23.0. The summed E-state index contributed by atoms with van der Waals surface area (Å²) in [7, 11) is 1.49. The van der Waals surface area contributed by atoms with Gasteiger partial charge in [0.1, 0.15) is 5.82 Å². The lowest BCUT2D eigenvalue weighted by molar-refractivity contribution is -0.386. The maximum atomic E-state index is 13.1. The third-order valence-electron chi connectivity index (χ3n) is 2.40. The number of hydrogen-bond donors (Lipinski definition) is 1. The molecule has 8 heteroatoms. The van der Waals surface area contributed by atoms with E-state index in [0.29, 0.717) is 6.61 Å². The summed E-state index contributed by atoms with van der Waals surface area (Å²) in [5, 5.41) is 13.3. The number of ether oxygens (including phenoxy) is 2. The van der Waals surface area contributed by atoms with Gasteiger partial charge in [0.2, 0.25) is 5.75 Å². The standard InChI is InChI=1S/C12H15FN2O5/c1-8(12(16)14-5-6-19-2)20-11-7-9(13)3-4-10(11)15(17)18/h3-4,7-8H,5-6H2,1-2H3,(H,14,16). The smallest absolute Gasteiger partial charge is 0.311 e. The van der Waals surface area contributed by atoms with Crippen molar-refractivity contribution in [2.24, 2.45) is 0 Å². The largest absolute Gasteiger partial charge is 0.474 e. The first kappa shape index (κ1) is 15.8. The van der Waals surface area contributed by atoms with Gasteiger partial charge in [-0.1, -0.05) is 0 Å². The van der Waals surface area contributed by atoms with Crippen LogP contribution in [0.5, 0.6) is 5.75 Å². The molecular weight excluding hydrogens is 271 g/mol. The van der Waals surface area contributed by atoms with E-state index in [1.165, 1.54) is 14.0 Å². The van der Waals surface area contributed by atoms with Gasteiger partial charge in [0.05, 0.1) is 11.5 Å². The molecule has 1 aromatic rings. The summed E-state index contributed by atoms with van der Waals surface area (Å²) in [6.45, 7) is 2.03. The van der Waals surface area contributed by atoms with Crippen LogP contribution in [0.25, 0.3) is 0 Å². The molecule has 20 heavy (non-hydrogen) atoms. The van der Waals surface area contributed by atoms with Gasteiger partial charge in [0.15, 0.2) is 6.10 Å². The molecule has 1 atom stereocenters. The Balaban J connectivity index is 2.74. The van der Waals surface area contributed by atoms with Crippen molar-refractivity contribution >= 4 is 11.6 Å². The van der Waals surface area contributed by atoms with Gasteiger partial charge < -0.3 is 14.8 Å². The summed E-state index contributed by atoms with van der Waals surface area (Å²) >= 11 is 0. The van der Waals surface area contributed by atoms with Crippen LogP contribution in [0.1, 0.15) is 6.92 Å². The van der Waals surface area contributed by atoms with Gasteiger partial charge in [-0.2, -0.15) is 0 Å². The Morgan fingerprint density at radius 2 is 2.25 bits per heavy atom. The van der Waals surface area contributed by atoms with Gasteiger partial charge in [-0.15, -0.1) is 0 Å². The van der Waals surface area contributed by atoms with E-state index in [9.17, 15) is 19.3 Å². The van der Waals surface area contributed by atoms with E-state index in [2.05, 4.69) is 5.32 Å². The van der Waals surface area contributed by atoms with Crippen LogP contribution >= 0.6 is 0 Å². The summed E-state index contributed by atoms with van der Waals surface area (Å²) in [6.07, 6.45) is -0.993. The lowest BCUT2D eigenvalue weighted by atomic mass is 10.2. The minimum Gasteiger partial charge on any atom is -0.474 e. The molecule has 0 spiro atoms. The van der Waals surface area contributed by atoms with Crippen LogP contribution in [0.2, 0.25) is 0 Å². The van der Waals surface area contributed by atoms with Crippen molar-refractivity contribution in [2.45, 2.75) is 13.0 Å². The summed E-state index contributed by atoms with van der Waals surface area (Å²) in [5.41, 5.74) is -0.400. The average molecular weight is 286 g/mol. The third kappa shape index (κ3) is 4.47. The topological polar surface area (TPSA) is 90.7 Å². The molecule has 1 aromatic carbocycles. The number of amides is 1. The number of carbonyl (C=O) groups is 1. The van der Waals surface area contributed by atoms with E-state index in [0.717, 1.165) is 18.2 Å². The molecule has 7 nitrogen and oxygen atoms in total. The Labute approximate surface area is 114 Å². The van der Waals surface area contributed by atoms with Gasteiger partial charge in [-0.25, -0.2) is 4.39 Å². The second-order valence-corrected chi connectivity index (χ2v) is 3.91. The van der Waals surface area contributed by atoms with Crippen molar-refractivity contribution in [2.75, 3.05) is 20.3 Å². The number of nitro groups is 1. The third-order valence-corrected chi connectivity index (χ3v) is 2.40. The quantitative estimate of drug-likeness (QED) is 0.463. The normalized spacial score (nSPS) is 11.8. The van der Waals surface area contributed by atoms with E-state index in [4.69, 9.17) is 9.47 Å². The van der Waals surface area contributed by atoms with Crippen molar-refractivity contribution < 1.29 is 23.6 Å². The highest BCUT2D eigenvalue weighted by Gasteiger charge is 2.21. The lowest BCUT2D eigenvalue weighted by Gasteiger charge is -2.14. The molecular formula is C12H15FN2O5. The molecule has 0 saturated carbocycles. The second-order valence-electron chi connectivity index (χ2n) is 3.91. The number of hydrogen-bond acceptors (Lipinski definition) is 5.